The van der Waals surface area contributed by atoms with Gasteiger partial charge in [0.05, 0.1) is 6.54 Å². The van der Waals surface area contributed by atoms with E-state index in [9.17, 15) is 4.79 Å². The molecule has 0 saturated heterocycles. The van der Waals surface area contributed by atoms with Crippen molar-refractivity contribution in [3.05, 3.63) is 94.4 Å². The third kappa shape index (κ3) is 3.80. The van der Waals surface area contributed by atoms with E-state index in [0.717, 1.165) is 22.6 Å². The molecule has 0 saturated carbocycles. The molecular weight excluding hydrogens is 288 g/mol. The van der Waals surface area contributed by atoms with E-state index in [1.165, 1.54) is 4.68 Å². The number of aryl methyl sites for hydroxylation is 1. The number of hydrogen-bond acceptors (Lipinski definition) is 3. The molecule has 0 unspecified atom stereocenters. The van der Waals surface area contributed by atoms with Gasteiger partial charge in [-0.05, 0) is 36.8 Å². The van der Waals surface area contributed by atoms with E-state index in [2.05, 4.69) is 5.43 Å². The quantitative estimate of drug-likeness (QED) is 0.781. The van der Waals surface area contributed by atoms with E-state index in [4.69, 9.17) is 4.74 Å². The molecule has 0 amide bonds. The van der Waals surface area contributed by atoms with Gasteiger partial charge in [-0.1, -0.05) is 36.4 Å². The molecule has 0 bridgehead atoms. The number of aromatic nitrogens is 1. The number of hydrogen-bond donors (Lipinski definition) is 1. The standard InChI is InChI=1S/C19H18N2O2/c1-15-11-12-21(19(22)13-15)20-14-16-7-5-6-10-18(16)23-17-8-3-2-4-9-17/h2-13,20H,14H2,1H3. The van der Waals surface area contributed by atoms with Crippen LogP contribution in [0.15, 0.2) is 77.7 Å². The summed E-state index contributed by atoms with van der Waals surface area (Å²) < 4.78 is 7.40. The van der Waals surface area contributed by atoms with Crippen LogP contribution in [-0.4, -0.2) is 4.68 Å². The second-order valence-electron chi connectivity index (χ2n) is 5.27. The second kappa shape index (κ2) is 6.83. The maximum Gasteiger partial charge on any atom is 0.269 e. The summed E-state index contributed by atoms with van der Waals surface area (Å²) in [7, 11) is 0. The summed E-state index contributed by atoms with van der Waals surface area (Å²) in [6, 6.07) is 20.9. The predicted octanol–water partition coefficient (Wildman–Crippen LogP) is 3.69. The first-order valence-electron chi connectivity index (χ1n) is 7.46. The van der Waals surface area contributed by atoms with Crippen LogP contribution >= 0.6 is 0 Å². The minimum Gasteiger partial charge on any atom is -0.457 e. The van der Waals surface area contributed by atoms with Crippen LogP contribution in [0.4, 0.5) is 0 Å². The molecule has 1 N–H and O–H groups in total. The Bertz CT molecular complexity index is 841. The summed E-state index contributed by atoms with van der Waals surface area (Å²) in [5, 5.41) is 0. The fourth-order valence-corrected chi connectivity index (χ4v) is 2.24. The summed E-state index contributed by atoms with van der Waals surface area (Å²) in [6.45, 7) is 2.39. The molecule has 0 radical (unpaired) electrons. The van der Waals surface area contributed by atoms with Gasteiger partial charge in [-0.3, -0.25) is 4.79 Å². The highest BCUT2D eigenvalue weighted by atomic mass is 16.5. The van der Waals surface area contributed by atoms with Gasteiger partial charge in [0.25, 0.3) is 5.56 Å². The molecule has 3 rings (SSSR count). The Kier molecular flexibility index (Phi) is 4.43. The molecule has 1 heterocycles. The zero-order valence-corrected chi connectivity index (χ0v) is 12.9. The highest BCUT2D eigenvalue weighted by molar-refractivity contribution is 5.38. The second-order valence-corrected chi connectivity index (χ2v) is 5.27. The van der Waals surface area contributed by atoms with Crippen LogP contribution in [0.1, 0.15) is 11.1 Å². The number of nitrogens with one attached hydrogen (secondary N) is 1. The number of benzene rings is 2. The molecule has 0 fully saturated rings. The van der Waals surface area contributed by atoms with Crippen LogP contribution in [0.2, 0.25) is 0 Å². The van der Waals surface area contributed by atoms with Crippen molar-refractivity contribution >= 4 is 0 Å². The lowest BCUT2D eigenvalue weighted by Gasteiger charge is -2.13. The summed E-state index contributed by atoms with van der Waals surface area (Å²) in [5.41, 5.74) is 4.95. The molecule has 0 aliphatic carbocycles. The van der Waals surface area contributed by atoms with Crippen LogP contribution in [0, 0.1) is 6.92 Å². The topological polar surface area (TPSA) is 43.3 Å². The minimum absolute atomic E-state index is 0.0774. The molecular formula is C19H18N2O2. The Morgan fingerprint density at radius 3 is 2.52 bits per heavy atom. The average molecular weight is 306 g/mol. The van der Waals surface area contributed by atoms with E-state index in [-0.39, 0.29) is 5.56 Å². The molecule has 4 heteroatoms. The average Bonchev–Trinajstić information content (AvgIpc) is 2.56. The van der Waals surface area contributed by atoms with E-state index in [0.29, 0.717) is 6.54 Å². The predicted molar refractivity (Wildman–Crippen MR) is 91.5 cm³/mol. The number of para-hydroxylation sites is 2. The highest BCUT2D eigenvalue weighted by Gasteiger charge is 2.04. The van der Waals surface area contributed by atoms with Crippen molar-refractivity contribution in [2.45, 2.75) is 13.5 Å². The van der Waals surface area contributed by atoms with Crippen LogP contribution in [0.3, 0.4) is 0 Å². The Hall–Kier alpha value is -3.01. The summed E-state index contributed by atoms with van der Waals surface area (Å²) in [6.07, 6.45) is 1.73. The fourth-order valence-electron chi connectivity index (χ4n) is 2.24. The van der Waals surface area contributed by atoms with Gasteiger partial charge in [-0.25, -0.2) is 4.68 Å². The molecule has 0 aliphatic heterocycles. The fraction of sp³-hybridized carbons (Fsp3) is 0.105. The number of nitrogens with zero attached hydrogens (tertiary/aromatic N) is 1. The van der Waals surface area contributed by atoms with Gasteiger partial charge < -0.3 is 10.2 Å². The SMILES string of the molecule is Cc1ccn(NCc2ccccc2Oc2ccccc2)c(=O)c1. The largest absolute Gasteiger partial charge is 0.457 e. The lowest BCUT2D eigenvalue weighted by Crippen LogP contribution is -2.27. The molecule has 4 nitrogen and oxygen atoms in total. The van der Waals surface area contributed by atoms with Gasteiger partial charge in [-0.15, -0.1) is 0 Å². The molecule has 2 aromatic carbocycles. The third-order valence-corrected chi connectivity index (χ3v) is 3.46. The first-order chi connectivity index (χ1) is 11.2. The monoisotopic (exact) mass is 306 g/mol. The minimum atomic E-state index is -0.0774. The van der Waals surface area contributed by atoms with Crippen LogP contribution < -0.4 is 15.7 Å². The number of rotatable bonds is 5. The maximum atomic E-state index is 11.9. The Balaban J connectivity index is 1.77. The third-order valence-electron chi connectivity index (χ3n) is 3.46. The number of pyridine rings is 1. The van der Waals surface area contributed by atoms with Crippen molar-refractivity contribution < 1.29 is 4.74 Å². The van der Waals surface area contributed by atoms with Crippen molar-refractivity contribution in [1.82, 2.24) is 4.68 Å². The molecule has 0 atom stereocenters. The zero-order chi connectivity index (χ0) is 16.1. The van der Waals surface area contributed by atoms with Crippen molar-refractivity contribution in [2.75, 3.05) is 5.43 Å². The van der Waals surface area contributed by atoms with E-state index >= 15 is 0 Å². The molecule has 3 aromatic rings. The Labute approximate surface area is 135 Å². The summed E-state index contributed by atoms with van der Waals surface area (Å²) >= 11 is 0. The zero-order valence-electron chi connectivity index (χ0n) is 12.9. The van der Waals surface area contributed by atoms with Crippen molar-refractivity contribution in [2.24, 2.45) is 0 Å². The van der Waals surface area contributed by atoms with Crippen molar-refractivity contribution in [1.29, 1.82) is 0 Å². The lowest BCUT2D eigenvalue weighted by molar-refractivity contribution is 0.476. The van der Waals surface area contributed by atoms with Gasteiger partial charge >= 0.3 is 0 Å². The molecule has 23 heavy (non-hydrogen) atoms. The first kappa shape index (κ1) is 14.9. The van der Waals surface area contributed by atoms with E-state index < -0.39 is 0 Å². The van der Waals surface area contributed by atoms with Crippen LogP contribution in [0.25, 0.3) is 0 Å². The smallest absolute Gasteiger partial charge is 0.269 e. The Morgan fingerprint density at radius 2 is 1.74 bits per heavy atom. The van der Waals surface area contributed by atoms with Gasteiger partial charge in [0.15, 0.2) is 0 Å². The van der Waals surface area contributed by atoms with E-state index in [1.807, 2.05) is 67.6 Å². The van der Waals surface area contributed by atoms with Gasteiger partial charge in [0.1, 0.15) is 11.5 Å². The molecule has 0 aliphatic rings. The van der Waals surface area contributed by atoms with Crippen LogP contribution in [0.5, 0.6) is 11.5 Å². The number of ether oxygens (including phenoxy) is 1. The first-order valence-corrected chi connectivity index (χ1v) is 7.46. The van der Waals surface area contributed by atoms with Crippen LogP contribution in [-0.2, 0) is 6.54 Å². The molecule has 116 valence electrons. The van der Waals surface area contributed by atoms with Crippen molar-refractivity contribution in [3.8, 4) is 11.5 Å². The van der Waals surface area contributed by atoms with E-state index in [1.54, 1.807) is 12.3 Å². The lowest BCUT2D eigenvalue weighted by atomic mass is 10.2. The van der Waals surface area contributed by atoms with Crippen molar-refractivity contribution in [3.63, 3.8) is 0 Å². The van der Waals surface area contributed by atoms with Gasteiger partial charge in [0, 0.05) is 17.8 Å². The molecule has 0 spiro atoms. The maximum absolute atomic E-state index is 11.9. The normalized spacial score (nSPS) is 10.3. The Morgan fingerprint density at radius 1 is 1.00 bits per heavy atom. The highest BCUT2D eigenvalue weighted by Crippen LogP contribution is 2.24. The van der Waals surface area contributed by atoms with Gasteiger partial charge in [-0.2, -0.15) is 0 Å². The summed E-state index contributed by atoms with van der Waals surface area (Å²) in [4.78, 5) is 11.9. The molecule has 1 aromatic heterocycles. The summed E-state index contributed by atoms with van der Waals surface area (Å²) in [5.74, 6) is 1.55. The van der Waals surface area contributed by atoms with Gasteiger partial charge in [0.2, 0.25) is 0 Å².